The van der Waals surface area contributed by atoms with E-state index in [0.29, 0.717) is 35.2 Å². The highest BCUT2D eigenvalue weighted by Gasteiger charge is 2.24. The number of para-hydroxylation sites is 1. The van der Waals surface area contributed by atoms with Gasteiger partial charge in [0.2, 0.25) is 0 Å². The van der Waals surface area contributed by atoms with Crippen molar-refractivity contribution in [1.82, 2.24) is 14.9 Å². The average molecular weight is 506 g/mol. The lowest BCUT2D eigenvalue weighted by Gasteiger charge is -2.16. The smallest absolute Gasteiger partial charge is 0.413 e. The summed E-state index contributed by atoms with van der Waals surface area (Å²) >= 11 is 0. The first kappa shape index (κ1) is 23.7. The maximum atomic E-state index is 13.4. The molecule has 7 nitrogen and oxygen atoms in total. The Balaban J connectivity index is 1.29. The van der Waals surface area contributed by atoms with Gasteiger partial charge in [-0.15, -0.1) is 0 Å². The minimum atomic E-state index is -0.551. The summed E-state index contributed by atoms with van der Waals surface area (Å²) in [5.41, 5.74) is 3.96. The molecule has 1 aliphatic carbocycles. The van der Waals surface area contributed by atoms with Crippen LogP contribution >= 0.6 is 0 Å². The molecule has 0 aliphatic heterocycles. The van der Waals surface area contributed by atoms with Gasteiger partial charge in [-0.2, -0.15) is 0 Å². The lowest BCUT2D eigenvalue weighted by atomic mass is 10.1. The predicted octanol–water partition coefficient (Wildman–Crippen LogP) is 5.58. The molecule has 6 rings (SSSR count). The monoisotopic (exact) mass is 505 g/mol. The summed E-state index contributed by atoms with van der Waals surface area (Å²) in [5.74, 6) is 0.874. The molecule has 2 heterocycles. The van der Waals surface area contributed by atoms with Crippen molar-refractivity contribution >= 4 is 27.8 Å². The highest BCUT2D eigenvalue weighted by Crippen LogP contribution is 2.31. The van der Waals surface area contributed by atoms with Crippen LogP contribution in [0.3, 0.4) is 0 Å². The second-order valence-electron chi connectivity index (χ2n) is 9.47. The van der Waals surface area contributed by atoms with Crippen molar-refractivity contribution in [3.63, 3.8) is 0 Å². The number of nitrogens with one attached hydrogen (secondary N) is 1. The minimum Gasteiger partial charge on any atom is -0.497 e. The van der Waals surface area contributed by atoms with Crippen molar-refractivity contribution in [3.8, 4) is 11.5 Å². The van der Waals surface area contributed by atoms with Crippen molar-refractivity contribution in [3.05, 3.63) is 112 Å². The van der Waals surface area contributed by atoms with Gasteiger partial charge in [0.1, 0.15) is 5.75 Å². The molecule has 38 heavy (non-hydrogen) atoms. The summed E-state index contributed by atoms with van der Waals surface area (Å²) in [7, 11) is 1.55. The van der Waals surface area contributed by atoms with Crippen molar-refractivity contribution in [2.45, 2.75) is 31.8 Å². The van der Waals surface area contributed by atoms with E-state index in [1.807, 2.05) is 54.6 Å². The van der Waals surface area contributed by atoms with Gasteiger partial charge in [0.15, 0.2) is 5.75 Å². The van der Waals surface area contributed by atoms with Gasteiger partial charge in [-0.3, -0.25) is 9.78 Å². The molecule has 0 fully saturated rings. The number of pyridine rings is 2. The second-order valence-corrected chi connectivity index (χ2v) is 9.47. The fourth-order valence-electron chi connectivity index (χ4n) is 5.18. The maximum absolute atomic E-state index is 13.4. The van der Waals surface area contributed by atoms with Gasteiger partial charge in [-0.05, 0) is 54.3 Å². The first-order valence-electron chi connectivity index (χ1n) is 12.7. The number of carbonyl (C=O) groups excluding carboxylic acids is 1. The van der Waals surface area contributed by atoms with Gasteiger partial charge in [0, 0.05) is 29.4 Å². The standard InChI is InChI=1S/C31H27N3O4/c1-37-23-13-14-25-26(18-23)30(35)34(17-16-22-12-10-21-7-3-5-9-27(21)32-22)19-29(25)38-31(36)33-28-15-11-20-6-2-4-8-24(20)28/h2-10,12-14,18-19,28H,11,15-17H2,1H3,(H,33,36). The Labute approximate surface area is 219 Å². The van der Waals surface area contributed by atoms with Crippen molar-refractivity contribution < 1.29 is 14.3 Å². The largest absolute Gasteiger partial charge is 0.497 e. The molecule has 1 N–H and O–H groups in total. The van der Waals surface area contributed by atoms with Crippen LogP contribution in [0.4, 0.5) is 4.79 Å². The number of amides is 1. The highest BCUT2D eigenvalue weighted by atomic mass is 16.6. The van der Waals surface area contributed by atoms with Crippen LogP contribution < -0.4 is 20.3 Å². The van der Waals surface area contributed by atoms with Crippen LogP contribution in [0, 0.1) is 0 Å². The first-order chi connectivity index (χ1) is 18.6. The zero-order chi connectivity index (χ0) is 26.1. The SMILES string of the molecule is COc1ccc2c(OC(=O)NC3CCc4ccccc43)cn(CCc3ccc4ccccc4n3)c(=O)c2c1. The lowest BCUT2D eigenvalue weighted by molar-refractivity contribution is 0.196. The van der Waals surface area contributed by atoms with E-state index >= 15 is 0 Å². The molecule has 0 saturated heterocycles. The van der Waals surface area contributed by atoms with Gasteiger partial charge in [-0.25, -0.2) is 4.79 Å². The number of fused-ring (bicyclic) bond motifs is 3. The van der Waals surface area contributed by atoms with Crippen LogP contribution in [0.25, 0.3) is 21.7 Å². The van der Waals surface area contributed by atoms with Crippen LogP contribution in [0.2, 0.25) is 0 Å². The van der Waals surface area contributed by atoms with Gasteiger partial charge in [0.05, 0.1) is 30.3 Å². The molecule has 190 valence electrons. The van der Waals surface area contributed by atoms with Crippen molar-refractivity contribution in [2.24, 2.45) is 0 Å². The van der Waals surface area contributed by atoms with E-state index < -0.39 is 6.09 Å². The van der Waals surface area contributed by atoms with Gasteiger partial charge in [0.25, 0.3) is 5.56 Å². The number of hydrogen-bond acceptors (Lipinski definition) is 5. The van der Waals surface area contributed by atoms with Crippen LogP contribution in [-0.4, -0.2) is 22.8 Å². The van der Waals surface area contributed by atoms with E-state index in [-0.39, 0.29) is 11.6 Å². The Bertz CT molecular complexity index is 1730. The first-order valence-corrected chi connectivity index (χ1v) is 12.7. The molecule has 2 aromatic heterocycles. The molecule has 1 amide bonds. The van der Waals surface area contributed by atoms with Crippen LogP contribution in [0.5, 0.6) is 11.5 Å². The fraction of sp³-hybridized carbons (Fsp3) is 0.194. The molecule has 3 aromatic carbocycles. The van der Waals surface area contributed by atoms with Gasteiger partial charge in [-0.1, -0.05) is 48.5 Å². The number of carbonyl (C=O) groups is 1. The third-order valence-electron chi connectivity index (χ3n) is 7.15. The summed E-state index contributed by atoms with van der Waals surface area (Å²) in [6.45, 7) is 0.380. The molecule has 5 aromatic rings. The normalized spacial score (nSPS) is 14.4. The Morgan fingerprint density at radius 3 is 2.76 bits per heavy atom. The van der Waals surface area contributed by atoms with Crippen molar-refractivity contribution in [1.29, 1.82) is 0 Å². The van der Waals surface area contributed by atoms with E-state index in [2.05, 4.69) is 11.4 Å². The molecule has 0 radical (unpaired) electrons. The number of nitrogens with zero attached hydrogens (tertiary/aromatic N) is 2. The average Bonchev–Trinajstić information content (AvgIpc) is 3.36. The number of hydrogen-bond donors (Lipinski definition) is 1. The van der Waals surface area contributed by atoms with Crippen LogP contribution in [-0.2, 0) is 19.4 Å². The zero-order valence-corrected chi connectivity index (χ0v) is 21.0. The summed E-state index contributed by atoms with van der Waals surface area (Å²) in [6, 6.07) is 25.1. The van der Waals surface area contributed by atoms with E-state index in [9.17, 15) is 9.59 Å². The summed E-state index contributed by atoms with van der Waals surface area (Å²) < 4.78 is 12.7. The zero-order valence-electron chi connectivity index (χ0n) is 21.0. The lowest BCUT2D eigenvalue weighted by Crippen LogP contribution is -2.31. The Morgan fingerprint density at radius 1 is 1.03 bits per heavy atom. The fourth-order valence-corrected chi connectivity index (χ4v) is 5.18. The molecular weight excluding hydrogens is 478 g/mol. The van der Waals surface area contributed by atoms with E-state index in [0.717, 1.165) is 35.0 Å². The summed E-state index contributed by atoms with van der Waals surface area (Å²) in [5, 5.41) is 5.04. The van der Waals surface area contributed by atoms with Crippen LogP contribution in [0.15, 0.2) is 89.9 Å². The number of benzene rings is 3. The summed E-state index contributed by atoms with van der Waals surface area (Å²) in [4.78, 5) is 31.1. The van der Waals surface area contributed by atoms with E-state index in [1.165, 1.54) is 5.56 Å². The van der Waals surface area contributed by atoms with Crippen molar-refractivity contribution in [2.75, 3.05) is 7.11 Å². The molecular formula is C31H27N3O4. The topological polar surface area (TPSA) is 82.4 Å². The maximum Gasteiger partial charge on any atom is 0.413 e. The molecule has 7 heteroatoms. The quantitative estimate of drug-likeness (QED) is 0.326. The van der Waals surface area contributed by atoms with Crippen LogP contribution in [0.1, 0.15) is 29.3 Å². The highest BCUT2D eigenvalue weighted by molar-refractivity contribution is 5.90. The predicted molar refractivity (Wildman–Crippen MR) is 147 cm³/mol. The molecule has 1 unspecified atom stereocenters. The van der Waals surface area contributed by atoms with Gasteiger partial charge < -0.3 is 19.4 Å². The minimum absolute atomic E-state index is 0.102. The number of aryl methyl sites for hydroxylation is 3. The Kier molecular flexibility index (Phi) is 6.25. The number of methoxy groups -OCH3 is 1. The van der Waals surface area contributed by atoms with E-state index in [4.69, 9.17) is 14.5 Å². The molecule has 1 aliphatic rings. The summed E-state index contributed by atoms with van der Waals surface area (Å²) in [6.07, 6.45) is 3.35. The Hall–Kier alpha value is -4.65. The number of rotatable bonds is 6. The molecule has 0 spiro atoms. The molecule has 0 bridgehead atoms. The number of aromatic nitrogens is 2. The Morgan fingerprint density at radius 2 is 1.87 bits per heavy atom. The molecule has 0 saturated carbocycles. The second kappa shape index (κ2) is 10.0. The molecule has 1 atom stereocenters. The van der Waals surface area contributed by atoms with Gasteiger partial charge >= 0.3 is 6.09 Å². The van der Waals surface area contributed by atoms with E-state index in [1.54, 1.807) is 36.1 Å². The third kappa shape index (κ3) is 4.59. The number of ether oxygens (including phenoxy) is 2. The third-order valence-corrected chi connectivity index (χ3v) is 7.15.